The molecule has 0 atom stereocenters. The summed E-state index contributed by atoms with van der Waals surface area (Å²) in [7, 11) is 0. The number of pyridine rings is 1. The number of amides is 4. The topological polar surface area (TPSA) is 131 Å². The third-order valence-electron chi connectivity index (χ3n) is 4.16. The Hall–Kier alpha value is -2.98. The number of nitrogens with two attached hydrogens (primary N) is 1. The number of nitrogens with zero attached hydrogens (tertiary/aromatic N) is 2. The predicted molar refractivity (Wildman–Crippen MR) is 123 cm³/mol. The van der Waals surface area contributed by atoms with E-state index in [0.29, 0.717) is 5.56 Å². The quantitative estimate of drug-likeness (QED) is 0.384. The average molecular weight is 516 g/mol. The minimum atomic E-state index is -0.975. The molecule has 0 unspecified atom stereocenters. The number of benzene rings is 1. The Morgan fingerprint density at radius 1 is 1.00 bits per heavy atom. The fourth-order valence-electron chi connectivity index (χ4n) is 2.82. The molecule has 5 N–H and O–H groups in total. The summed E-state index contributed by atoms with van der Waals surface area (Å²) in [5.41, 5.74) is 9.64. The van der Waals surface area contributed by atoms with Crippen molar-refractivity contribution in [2.24, 2.45) is 5.73 Å². The van der Waals surface area contributed by atoms with Gasteiger partial charge in [0.1, 0.15) is 10.8 Å². The number of carbonyl (C=O) groups excluding carboxylic acids is 3. The fraction of sp³-hybridized carbons (Fsp3) is 0.0526. The van der Waals surface area contributed by atoms with Crippen molar-refractivity contribution in [2.45, 2.75) is 6.92 Å². The number of primary amides is 1. The van der Waals surface area contributed by atoms with Crippen LogP contribution in [0.3, 0.4) is 0 Å². The summed E-state index contributed by atoms with van der Waals surface area (Å²) in [4.78, 5) is 40.8. The normalized spacial score (nSPS) is 10.5. The summed E-state index contributed by atoms with van der Waals surface area (Å²) in [6, 6.07) is 6.42. The first-order chi connectivity index (χ1) is 15.1. The first kappa shape index (κ1) is 23.7. The maximum absolute atomic E-state index is 13.2. The second kappa shape index (κ2) is 9.66. The molecule has 3 aromatic rings. The van der Waals surface area contributed by atoms with E-state index in [9.17, 15) is 14.4 Å². The highest BCUT2D eigenvalue weighted by Crippen LogP contribution is 2.33. The minimum Gasteiger partial charge on any atom is -0.350 e. The average Bonchev–Trinajstić information content (AvgIpc) is 3.03. The van der Waals surface area contributed by atoms with Crippen LogP contribution in [-0.4, -0.2) is 27.4 Å². The van der Waals surface area contributed by atoms with Crippen LogP contribution in [0.15, 0.2) is 36.5 Å². The number of hydrazine groups is 1. The van der Waals surface area contributed by atoms with Gasteiger partial charge in [-0.25, -0.2) is 15.2 Å². The van der Waals surface area contributed by atoms with Gasteiger partial charge >= 0.3 is 6.03 Å². The van der Waals surface area contributed by atoms with Crippen molar-refractivity contribution < 1.29 is 14.4 Å². The highest BCUT2D eigenvalue weighted by atomic mass is 35.5. The summed E-state index contributed by atoms with van der Waals surface area (Å²) in [6.45, 7) is 1.63. The van der Waals surface area contributed by atoms with E-state index >= 15 is 0 Å². The summed E-state index contributed by atoms with van der Waals surface area (Å²) in [5.74, 6) is -1.24. The molecule has 4 amide bonds. The molecule has 0 saturated carbocycles. The van der Waals surface area contributed by atoms with Crippen LogP contribution in [0.5, 0.6) is 0 Å². The van der Waals surface area contributed by atoms with E-state index in [-0.39, 0.29) is 43.0 Å². The zero-order chi connectivity index (χ0) is 23.6. The van der Waals surface area contributed by atoms with Crippen LogP contribution in [0, 0.1) is 6.92 Å². The Labute approximate surface area is 201 Å². The van der Waals surface area contributed by atoms with Crippen LogP contribution in [0.2, 0.25) is 20.2 Å². The van der Waals surface area contributed by atoms with Crippen molar-refractivity contribution in [3.63, 3.8) is 0 Å². The van der Waals surface area contributed by atoms with Crippen molar-refractivity contribution in [3.8, 4) is 5.82 Å². The number of hydrogen-bond donors (Lipinski definition) is 4. The van der Waals surface area contributed by atoms with Gasteiger partial charge in [-0.05, 0) is 42.8 Å². The highest BCUT2D eigenvalue weighted by molar-refractivity contribution is 6.42. The van der Waals surface area contributed by atoms with Crippen LogP contribution in [-0.2, 0) is 0 Å². The summed E-state index contributed by atoms with van der Waals surface area (Å²) in [6.07, 6.45) is 1.48. The fourth-order valence-corrected chi connectivity index (χ4v) is 3.72. The monoisotopic (exact) mass is 514 g/mol. The van der Waals surface area contributed by atoms with Crippen molar-refractivity contribution in [3.05, 3.63) is 73.6 Å². The number of carbonyl (C=O) groups is 3. The van der Waals surface area contributed by atoms with Crippen LogP contribution in [0.1, 0.15) is 26.4 Å². The number of rotatable bonds is 4. The molecule has 2 heterocycles. The lowest BCUT2D eigenvalue weighted by Crippen LogP contribution is -2.44. The summed E-state index contributed by atoms with van der Waals surface area (Å²) in [5, 5.41) is 3.23. The summed E-state index contributed by atoms with van der Waals surface area (Å²) >= 11 is 24.7. The lowest BCUT2D eigenvalue weighted by molar-refractivity contribution is 0.0938. The van der Waals surface area contributed by atoms with Crippen molar-refractivity contribution in [2.75, 3.05) is 5.32 Å². The lowest BCUT2D eigenvalue weighted by Gasteiger charge is -2.16. The van der Waals surface area contributed by atoms with E-state index in [1.807, 2.05) is 5.43 Å². The van der Waals surface area contributed by atoms with Crippen LogP contribution in [0.25, 0.3) is 5.82 Å². The number of halogens is 4. The molecule has 0 spiro atoms. The molecule has 0 aliphatic rings. The molecule has 0 aliphatic heterocycles. The van der Waals surface area contributed by atoms with E-state index in [1.165, 1.54) is 22.9 Å². The number of aryl methyl sites for hydroxylation is 1. The molecule has 13 heteroatoms. The molecular formula is C19H14Cl4N6O3. The van der Waals surface area contributed by atoms with E-state index in [2.05, 4.69) is 15.7 Å². The molecule has 3 rings (SSSR count). The lowest BCUT2D eigenvalue weighted by atomic mass is 10.1. The van der Waals surface area contributed by atoms with E-state index in [1.54, 1.807) is 25.1 Å². The molecule has 9 nitrogen and oxygen atoms in total. The third kappa shape index (κ3) is 4.91. The molecule has 1 aromatic carbocycles. The van der Waals surface area contributed by atoms with Gasteiger partial charge in [-0.2, -0.15) is 0 Å². The number of anilines is 1. The van der Waals surface area contributed by atoms with Crippen molar-refractivity contribution >= 4 is 69.9 Å². The Bertz CT molecular complexity index is 1240. The van der Waals surface area contributed by atoms with Gasteiger partial charge in [0, 0.05) is 11.2 Å². The number of hydrogen-bond acceptors (Lipinski definition) is 4. The van der Waals surface area contributed by atoms with Crippen LogP contribution < -0.4 is 21.9 Å². The standard InChI is InChI=1S/C19H14Cl4N6O3/c1-8-5-9(20)6-10(17(30)27-28-19(24)32)14(8)26-18(31)13-7-12(22)15(23)29(13)16-11(21)3-2-4-25-16/h2-7H,1H3,(H,26,31)(H,27,30)(H3,24,28,32). The van der Waals surface area contributed by atoms with Gasteiger partial charge in [0.15, 0.2) is 5.82 Å². The van der Waals surface area contributed by atoms with Crippen LogP contribution in [0.4, 0.5) is 10.5 Å². The van der Waals surface area contributed by atoms with E-state index in [4.69, 9.17) is 52.1 Å². The van der Waals surface area contributed by atoms with Gasteiger partial charge in [0.25, 0.3) is 11.8 Å². The molecule has 0 aliphatic carbocycles. The Morgan fingerprint density at radius 3 is 2.38 bits per heavy atom. The molecule has 0 radical (unpaired) electrons. The SMILES string of the molecule is Cc1cc(Cl)cc(C(=O)NNC(N)=O)c1NC(=O)c1cc(Cl)c(Cl)n1-c1ncccc1Cl. The molecule has 0 saturated heterocycles. The van der Waals surface area contributed by atoms with E-state index in [0.717, 1.165) is 0 Å². The van der Waals surface area contributed by atoms with Gasteiger partial charge in [-0.3, -0.25) is 19.6 Å². The smallest absolute Gasteiger partial charge is 0.330 e. The zero-order valence-corrected chi connectivity index (χ0v) is 19.2. The third-order valence-corrected chi connectivity index (χ3v) is 5.43. The van der Waals surface area contributed by atoms with Gasteiger partial charge in [-0.15, -0.1) is 0 Å². The first-order valence-corrected chi connectivity index (χ1v) is 10.3. The molecular weight excluding hydrogens is 502 g/mol. The van der Waals surface area contributed by atoms with Crippen molar-refractivity contribution in [1.82, 2.24) is 20.4 Å². The maximum atomic E-state index is 13.2. The molecule has 2 aromatic heterocycles. The molecule has 0 fully saturated rings. The summed E-state index contributed by atoms with van der Waals surface area (Å²) < 4.78 is 1.28. The van der Waals surface area contributed by atoms with Gasteiger partial charge in [0.2, 0.25) is 0 Å². The number of nitrogens with one attached hydrogen (secondary N) is 3. The first-order valence-electron chi connectivity index (χ1n) is 8.75. The second-order valence-corrected chi connectivity index (χ2v) is 7.96. The predicted octanol–water partition coefficient (Wildman–Crippen LogP) is 4.36. The second-order valence-electron chi connectivity index (χ2n) is 6.36. The van der Waals surface area contributed by atoms with E-state index < -0.39 is 17.8 Å². The van der Waals surface area contributed by atoms with Gasteiger partial charge < -0.3 is 11.1 Å². The Morgan fingerprint density at radius 2 is 1.72 bits per heavy atom. The molecule has 166 valence electrons. The minimum absolute atomic E-state index is 0.0107. The Kier molecular flexibility index (Phi) is 7.15. The van der Waals surface area contributed by atoms with Gasteiger partial charge in [0.05, 0.1) is 21.3 Å². The van der Waals surface area contributed by atoms with Gasteiger partial charge in [-0.1, -0.05) is 46.4 Å². The molecule has 0 bridgehead atoms. The number of urea groups is 1. The maximum Gasteiger partial charge on any atom is 0.330 e. The van der Waals surface area contributed by atoms with Crippen molar-refractivity contribution in [1.29, 1.82) is 0 Å². The highest BCUT2D eigenvalue weighted by Gasteiger charge is 2.24. The number of aromatic nitrogens is 2. The Balaban J connectivity index is 2.04. The zero-order valence-electron chi connectivity index (χ0n) is 16.2. The van der Waals surface area contributed by atoms with Crippen LogP contribution >= 0.6 is 46.4 Å². The largest absolute Gasteiger partial charge is 0.350 e. The molecule has 32 heavy (non-hydrogen) atoms.